The number of methoxy groups -OCH3 is 1. The first-order valence-corrected chi connectivity index (χ1v) is 10.2. The van der Waals surface area contributed by atoms with Crippen molar-refractivity contribution < 1.29 is 9.84 Å². The Labute approximate surface area is 189 Å². The Hall–Kier alpha value is -4.31. The molecule has 2 heterocycles. The molecule has 0 aliphatic rings. The summed E-state index contributed by atoms with van der Waals surface area (Å²) in [6.45, 7) is -0.160. The maximum Gasteiger partial charge on any atom is 0.350 e. The lowest BCUT2D eigenvalue weighted by atomic mass is 9.89. The van der Waals surface area contributed by atoms with E-state index >= 15 is 0 Å². The molecule has 1 atom stereocenters. The molecule has 0 saturated carbocycles. The third-order valence-corrected chi connectivity index (χ3v) is 5.22. The lowest BCUT2D eigenvalue weighted by Crippen LogP contribution is -2.18. The number of benzene rings is 2. The molecule has 4 aromatic rings. The van der Waals surface area contributed by atoms with Crippen LogP contribution in [0.4, 0.5) is 0 Å². The van der Waals surface area contributed by atoms with Gasteiger partial charge in [-0.2, -0.15) is 0 Å². The van der Waals surface area contributed by atoms with Gasteiger partial charge in [0.2, 0.25) is 0 Å². The number of nitrogens with one attached hydrogen (secondary N) is 2. The number of aromatic amines is 1. The Balaban J connectivity index is 1.80. The molecule has 168 valence electrons. The molecule has 2 aromatic heterocycles. The number of ether oxygens (including phenoxy) is 1. The zero-order valence-corrected chi connectivity index (χ0v) is 17.9. The summed E-state index contributed by atoms with van der Waals surface area (Å²) in [6, 6.07) is 14.4. The second kappa shape index (κ2) is 9.45. The molecule has 0 aliphatic heterocycles. The number of amidine groups is 1. The Morgan fingerprint density at radius 1 is 1.18 bits per heavy atom. The highest BCUT2D eigenvalue weighted by Gasteiger charge is 2.22. The number of aliphatic hydroxyl groups excluding tert-OH is 1. The van der Waals surface area contributed by atoms with E-state index in [1.54, 1.807) is 31.4 Å². The zero-order valence-electron chi connectivity index (χ0n) is 17.9. The number of aliphatic hydroxyl groups is 1. The quantitative estimate of drug-likeness (QED) is 0.237. The van der Waals surface area contributed by atoms with Crippen molar-refractivity contribution >= 4 is 5.84 Å². The van der Waals surface area contributed by atoms with Crippen LogP contribution in [0.25, 0.3) is 5.95 Å². The molecule has 33 heavy (non-hydrogen) atoms. The van der Waals surface area contributed by atoms with Crippen molar-refractivity contribution in [1.82, 2.24) is 24.7 Å². The van der Waals surface area contributed by atoms with E-state index in [0.717, 1.165) is 15.8 Å². The number of nitrogen functional groups attached to an aromatic ring is 1. The Kier molecular flexibility index (Phi) is 6.27. The molecule has 2 aromatic carbocycles. The largest absolute Gasteiger partial charge is 0.497 e. The highest BCUT2D eigenvalue weighted by atomic mass is 16.5. The van der Waals surface area contributed by atoms with Gasteiger partial charge in [0, 0.05) is 23.9 Å². The van der Waals surface area contributed by atoms with Crippen molar-refractivity contribution in [2.75, 3.05) is 7.11 Å². The van der Waals surface area contributed by atoms with Crippen molar-refractivity contribution in [3.05, 3.63) is 99.5 Å². The van der Waals surface area contributed by atoms with Gasteiger partial charge in [0.25, 0.3) is 5.95 Å². The molecule has 10 heteroatoms. The van der Waals surface area contributed by atoms with E-state index in [0.29, 0.717) is 29.1 Å². The van der Waals surface area contributed by atoms with E-state index < -0.39 is 5.69 Å². The molecule has 5 N–H and O–H groups in total. The summed E-state index contributed by atoms with van der Waals surface area (Å²) in [5.41, 5.74) is 8.16. The number of H-pyrrole nitrogens is 1. The minimum absolute atomic E-state index is 0.00980. The molecule has 4 rings (SSSR count). The maximum atomic E-state index is 12.7. The van der Waals surface area contributed by atoms with Gasteiger partial charge >= 0.3 is 5.69 Å². The minimum atomic E-state index is -0.460. The molecule has 0 amide bonds. The zero-order chi connectivity index (χ0) is 23.4. The van der Waals surface area contributed by atoms with Gasteiger partial charge in [-0.1, -0.05) is 30.3 Å². The molecule has 0 radical (unpaired) electrons. The summed E-state index contributed by atoms with van der Waals surface area (Å²) in [6.07, 6.45) is 3.55. The van der Waals surface area contributed by atoms with Crippen LogP contribution in [-0.2, 0) is 13.0 Å². The van der Waals surface area contributed by atoms with Gasteiger partial charge in [-0.05, 0) is 41.3 Å². The predicted octanol–water partition coefficient (Wildman–Crippen LogP) is 1.51. The topological polar surface area (TPSA) is 156 Å². The molecular formula is C23H23N7O3. The smallest absolute Gasteiger partial charge is 0.350 e. The first kappa shape index (κ1) is 21.9. The van der Waals surface area contributed by atoms with Crippen LogP contribution < -0.4 is 16.2 Å². The van der Waals surface area contributed by atoms with Crippen LogP contribution in [0.2, 0.25) is 0 Å². The predicted molar refractivity (Wildman–Crippen MR) is 122 cm³/mol. The first-order valence-electron chi connectivity index (χ1n) is 10.2. The Morgan fingerprint density at radius 3 is 2.55 bits per heavy atom. The van der Waals surface area contributed by atoms with Gasteiger partial charge < -0.3 is 15.6 Å². The number of hydrogen-bond acceptors (Lipinski definition) is 7. The molecular weight excluding hydrogens is 422 g/mol. The van der Waals surface area contributed by atoms with Crippen LogP contribution in [0.15, 0.2) is 65.7 Å². The fraction of sp³-hybridized carbons (Fsp3) is 0.174. The number of nitrogens with two attached hydrogens (primary N) is 1. The van der Waals surface area contributed by atoms with Crippen LogP contribution >= 0.6 is 0 Å². The molecule has 0 spiro atoms. The first-order chi connectivity index (χ1) is 16.0. The number of hydrogen-bond donors (Lipinski definition) is 4. The van der Waals surface area contributed by atoms with Crippen molar-refractivity contribution in [3.63, 3.8) is 0 Å². The second-order valence-electron chi connectivity index (χ2n) is 7.42. The number of nitrogens with zero attached hydrogens (tertiary/aromatic N) is 4. The standard InChI is InChI=1S/C23H23N7O3/c1-33-18-10-15(13-31)9-17(12-18)19(11-14-3-5-16(6-4-14)20(24)25)21-28-23(32)30(29-21)22-26-7-2-8-27-22/h2-10,12,19,31H,11,13H2,1H3,(H3,24,25)(H,28,29,32). The van der Waals surface area contributed by atoms with Crippen molar-refractivity contribution in [1.29, 1.82) is 5.41 Å². The molecule has 1 unspecified atom stereocenters. The summed E-state index contributed by atoms with van der Waals surface area (Å²) in [5, 5.41) is 21.8. The summed E-state index contributed by atoms with van der Waals surface area (Å²) >= 11 is 0. The van der Waals surface area contributed by atoms with Gasteiger partial charge in [0.15, 0.2) is 0 Å². The maximum absolute atomic E-state index is 12.7. The summed E-state index contributed by atoms with van der Waals surface area (Å²) in [4.78, 5) is 23.7. The summed E-state index contributed by atoms with van der Waals surface area (Å²) in [7, 11) is 1.55. The highest BCUT2D eigenvalue weighted by Crippen LogP contribution is 2.30. The molecule has 0 bridgehead atoms. The van der Waals surface area contributed by atoms with E-state index in [1.807, 2.05) is 24.3 Å². The normalized spacial score (nSPS) is 11.8. The van der Waals surface area contributed by atoms with E-state index in [-0.39, 0.29) is 24.3 Å². The van der Waals surface area contributed by atoms with Crippen LogP contribution in [-0.4, -0.2) is 42.8 Å². The third kappa shape index (κ3) is 4.80. The van der Waals surface area contributed by atoms with Crippen LogP contribution in [0.5, 0.6) is 5.75 Å². The molecule has 10 nitrogen and oxygen atoms in total. The third-order valence-electron chi connectivity index (χ3n) is 5.22. The summed E-state index contributed by atoms with van der Waals surface area (Å²) in [5.74, 6) is 0.786. The lowest BCUT2D eigenvalue weighted by molar-refractivity contribution is 0.281. The summed E-state index contributed by atoms with van der Waals surface area (Å²) < 4.78 is 6.53. The average Bonchev–Trinajstić information content (AvgIpc) is 3.24. The van der Waals surface area contributed by atoms with Gasteiger partial charge in [0.1, 0.15) is 17.4 Å². The van der Waals surface area contributed by atoms with Gasteiger partial charge in [-0.25, -0.2) is 14.8 Å². The average molecular weight is 445 g/mol. The Bertz CT molecular complexity index is 1290. The Morgan fingerprint density at radius 2 is 1.91 bits per heavy atom. The van der Waals surface area contributed by atoms with E-state index in [9.17, 15) is 9.90 Å². The lowest BCUT2D eigenvalue weighted by Gasteiger charge is -2.17. The van der Waals surface area contributed by atoms with Crippen LogP contribution in [0, 0.1) is 5.41 Å². The van der Waals surface area contributed by atoms with Gasteiger partial charge in [0.05, 0.1) is 13.7 Å². The fourth-order valence-corrected chi connectivity index (χ4v) is 3.56. The molecule has 0 saturated heterocycles. The van der Waals surface area contributed by atoms with Gasteiger partial charge in [-0.15, -0.1) is 9.78 Å². The highest BCUT2D eigenvalue weighted by molar-refractivity contribution is 5.94. The SMILES string of the molecule is COc1cc(CO)cc(C(Cc2ccc(C(=N)N)cc2)c2nn(-c3ncccn3)c(=O)[nH]2)c1. The fourth-order valence-electron chi connectivity index (χ4n) is 3.56. The van der Waals surface area contributed by atoms with Gasteiger partial charge in [-0.3, -0.25) is 10.4 Å². The molecule has 0 aliphatic carbocycles. The van der Waals surface area contributed by atoms with E-state index in [4.69, 9.17) is 15.9 Å². The van der Waals surface area contributed by atoms with Crippen molar-refractivity contribution in [2.24, 2.45) is 5.73 Å². The minimum Gasteiger partial charge on any atom is -0.497 e. The monoisotopic (exact) mass is 445 g/mol. The number of aromatic nitrogens is 5. The second-order valence-corrected chi connectivity index (χ2v) is 7.42. The van der Waals surface area contributed by atoms with E-state index in [2.05, 4.69) is 20.1 Å². The van der Waals surface area contributed by atoms with Crippen molar-refractivity contribution in [2.45, 2.75) is 18.9 Å². The van der Waals surface area contributed by atoms with Crippen LogP contribution in [0.1, 0.15) is 34.0 Å². The van der Waals surface area contributed by atoms with E-state index in [1.165, 1.54) is 12.4 Å². The van der Waals surface area contributed by atoms with Crippen molar-refractivity contribution in [3.8, 4) is 11.7 Å². The molecule has 0 fully saturated rings. The van der Waals surface area contributed by atoms with Crippen LogP contribution in [0.3, 0.4) is 0 Å². The number of rotatable bonds is 8.